The van der Waals surface area contributed by atoms with E-state index in [4.69, 9.17) is 0 Å². The number of aliphatic imine (C=N–C) groups is 1. The van der Waals surface area contributed by atoms with Crippen molar-refractivity contribution >= 4 is 21.7 Å². The fourth-order valence-electron chi connectivity index (χ4n) is 2.69. The second-order valence-electron chi connectivity index (χ2n) is 5.80. The zero-order valence-electron chi connectivity index (χ0n) is 14.4. The molecule has 0 spiro atoms. The number of hydrogen-bond donors (Lipinski definition) is 2. The summed E-state index contributed by atoms with van der Waals surface area (Å²) in [6, 6.07) is 10.4. The van der Waals surface area contributed by atoms with E-state index >= 15 is 0 Å². The van der Waals surface area contributed by atoms with Crippen molar-refractivity contribution in [3.8, 4) is 0 Å². The van der Waals surface area contributed by atoms with E-state index in [0.717, 1.165) is 38.6 Å². The van der Waals surface area contributed by atoms with Crippen LogP contribution in [0, 0.1) is 0 Å². The first-order chi connectivity index (χ1) is 11.5. The summed E-state index contributed by atoms with van der Waals surface area (Å²) in [5.74, 6) is 0.877. The molecule has 7 nitrogen and oxygen atoms in total. The van der Waals surface area contributed by atoms with E-state index in [1.54, 1.807) is 7.05 Å². The number of para-hydroxylation sites is 1. The van der Waals surface area contributed by atoms with Crippen LogP contribution in [0.4, 0.5) is 5.69 Å². The molecule has 1 aliphatic heterocycles. The molecule has 0 radical (unpaired) electrons. The number of rotatable bonds is 6. The van der Waals surface area contributed by atoms with Gasteiger partial charge in [-0.15, -0.1) is 0 Å². The second kappa shape index (κ2) is 8.89. The fraction of sp³-hybridized carbons (Fsp3) is 0.562. The van der Waals surface area contributed by atoms with Gasteiger partial charge >= 0.3 is 0 Å². The minimum atomic E-state index is -3.11. The predicted octanol–water partition coefficient (Wildman–Crippen LogP) is 0.323. The molecule has 1 fully saturated rings. The van der Waals surface area contributed by atoms with Crippen LogP contribution in [0.3, 0.4) is 0 Å². The first-order valence-electron chi connectivity index (χ1n) is 8.20. The molecule has 0 bridgehead atoms. The summed E-state index contributed by atoms with van der Waals surface area (Å²) in [7, 11) is -1.33. The number of benzene rings is 1. The maximum atomic E-state index is 11.0. The van der Waals surface area contributed by atoms with Gasteiger partial charge in [-0.05, 0) is 18.6 Å². The zero-order valence-corrected chi connectivity index (χ0v) is 15.2. The van der Waals surface area contributed by atoms with Crippen molar-refractivity contribution in [2.75, 3.05) is 57.5 Å². The highest BCUT2D eigenvalue weighted by molar-refractivity contribution is 7.88. The van der Waals surface area contributed by atoms with Crippen LogP contribution >= 0.6 is 0 Å². The summed E-state index contributed by atoms with van der Waals surface area (Å²) < 4.78 is 24.5. The average Bonchev–Trinajstić information content (AvgIpc) is 2.58. The van der Waals surface area contributed by atoms with E-state index in [-0.39, 0.29) is 0 Å². The standard InChI is InChI=1S/C16H27N5O2S/c1-17-16(18-9-6-10-19-24(2,22)23)21-13-11-20(12-14-21)15-7-4-3-5-8-15/h3-5,7-8,19H,6,9-14H2,1-2H3,(H,17,18). The molecule has 0 amide bonds. The Morgan fingerprint density at radius 2 is 1.79 bits per heavy atom. The van der Waals surface area contributed by atoms with Crippen LogP contribution in [-0.2, 0) is 10.0 Å². The third kappa shape index (κ3) is 6.01. The van der Waals surface area contributed by atoms with Crippen LogP contribution in [0.2, 0.25) is 0 Å². The van der Waals surface area contributed by atoms with Gasteiger partial charge in [0, 0.05) is 52.0 Å². The number of nitrogens with zero attached hydrogens (tertiary/aromatic N) is 3. The van der Waals surface area contributed by atoms with Gasteiger partial charge in [-0.25, -0.2) is 13.1 Å². The van der Waals surface area contributed by atoms with Crippen LogP contribution in [0.1, 0.15) is 6.42 Å². The molecule has 0 aliphatic carbocycles. The first-order valence-corrected chi connectivity index (χ1v) is 10.1. The molecule has 2 N–H and O–H groups in total. The molecule has 134 valence electrons. The average molecular weight is 353 g/mol. The van der Waals surface area contributed by atoms with Gasteiger partial charge in [0.1, 0.15) is 0 Å². The maximum Gasteiger partial charge on any atom is 0.208 e. The van der Waals surface area contributed by atoms with E-state index in [2.05, 4.69) is 49.1 Å². The lowest BCUT2D eigenvalue weighted by atomic mass is 10.2. The Kier molecular flexibility index (Phi) is 6.86. The lowest BCUT2D eigenvalue weighted by molar-refractivity contribution is 0.372. The van der Waals surface area contributed by atoms with Crippen molar-refractivity contribution in [1.29, 1.82) is 0 Å². The van der Waals surface area contributed by atoms with Crippen LogP contribution < -0.4 is 14.9 Å². The first kappa shape index (κ1) is 18.5. The van der Waals surface area contributed by atoms with Gasteiger partial charge in [0.05, 0.1) is 6.26 Å². The van der Waals surface area contributed by atoms with E-state index in [1.165, 1.54) is 11.9 Å². The molecule has 1 aliphatic rings. The molecular weight excluding hydrogens is 326 g/mol. The van der Waals surface area contributed by atoms with E-state index in [9.17, 15) is 8.42 Å². The summed E-state index contributed by atoms with van der Waals surface area (Å²) in [6.07, 6.45) is 1.89. The predicted molar refractivity (Wildman–Crippen MR) is 99.1 cm³/mol. The highest BCUT2D eigenvalue weighted by Gasteiger charge is 2.19. The van der Waals surface area contributed by atoms with Gasteiger partial charge in [-0.1, -0.05) is 18.2 Å². The molecule has 0 atom stereocenters. The van der Waals surface area contributed by atoms with Crippen molar-refractivity contribution in [2.24, 2.45) is 4.99 Å². The molecule has 24 heavy (non-hydrogen) atoms. The van der Waals surface area contributed by atoms with Crippen LogP contribution in [-0.4, -0.2) is 71.8 Å². The van der Waals surface area contributed by atoms with E-state index in [0.29, 0.717) is 13.1 Å². The normalized spacial score (nSPS) is 16.3. The van der Waals surface area contributed by atoms with Gasteiger partial charge in [0.2, 0.25) is 10.0 Å². The topological polar surface area (TPSA) is 77.0 Å². The lowest BCUT2D eigenvalue weighted by Crippen LogP contribution is -2.52. The minimum Gasteiger partial charge on any atom is -0.368 e. The van der Waals surface area contributed by atoms with Crippen molar-refractivity contribution in [3.63, 3.8) is 0 Å². The Bertz CT molecular complexity index is 625. The maximum absolute atomic E-state index is 11.0. The zero-order chi connectivity index (χ0) is 17.4. The number of guanidine groups is 1. The summed E-state index contributed by atoms with van der Waals surface area (Å²) in [5.41, 5.74) is 1.26. The molecule has 1 aromatic rings. The lowest BCUT2D eigenvalue weighted by Gasteiger charge is -2.37. The quantitative estimate of drug-likeness (QED) is 0.438. The van der Waals surface area contributed by atoms with Gasteiger partial charge < -0.3 is 15.1 Å². The number of anilines is 1. The largest absolute Gasteiger partial charge is 0.368 e. The summed E-state index contributed by atoms with van der Waals surface area (Å²) in [6.45, 7) is 4.87. The molecule has 1 saturated heterocycles. The Labute approximate surface area is 144 Å². The van der Waals surface area contributed by atoms with Crippen LogP contribution in [0.15, 0.2) is 35.3 Å². The van der Waals surface area contributed by atoms with Crippen molar-refractivity contribution < 1.29 is 8.42 Å². The third-order valence-electron chi connectivity index (χ3n) is 3.91. The second-order valence-corrected chi connectivity index (χ2v) is 7.64. The van der Waals surface area contributed by atoms with Gasteiger partial charge in [0.25, 0.3) is 0 Å². The number of sulfonamides is 1. The monoisotopic (exact) mass is 353 g/mol. The van der Waals surface area contributed by atoms with Crippen molar-refractivity contribution in [1.82, 2.24) is 14.9 Å². The number of nitrogens with one attached hydrogen (secondary N) is 2. The smallest absolute Gasteiger partial charge is 0.208 e. The van der Waals surface area contributed by atoms with Crippen LogP contribution in [0.5, 0.6) is 0 Å². The summed E-state index contributed by atoms with van der Waals surface area (Å²) in [5, 5.41) is 3.30. The van der Waals surface area contributed by atoms with Crippen molar-refractivity contribution in [2.45, 2.75) is 6.42 Å². The Hall–Kier alpha value is -1.80. The Morgan fingerprint density at radius 3 is 2.38 bits per heavy atom. The molecule has 0 unspecified atom stereocenters. The Balaban J connectivity index is 1.73. The summed E-state index contributed by atoms with van der Waals surface area (Å²) in [4.78, 5) is 8.94. The van der Waals surface area contributed by atoms with Gasteiger partial charge in [-0.3, -0.25) is 4.99 Å². The number of hydrogen-bond acceptors (Lipinski definition) is 4. The molecular formula is C16H27N5O2S. The molecule has 0 saturated carbocycles. The van der Waals surface area contributed by atoms with E-state index < -0.39 is 10.0 Å². The molecule has 1 aromatic carbocycles. The van der Waals surface area contributed by atoms with E-state index in [1.807, 2.05) is 6.07 Å². The fourth-order valence-corrected chi connectivity index (χ4v) is 3.21. The minimum absolute atomic E-state index is 0.435. The number of piperazine rings is 1. The highest BCUT2D eigenvalue weighted by atomic mass is 32.2. The molecule has 2 rings (SSSR count). The van der Waals surface area contributed by atoms with Gasteiger partial charge in [-0.2, -0.15) is 0 Å². The molecule has 0 aromatic heterocycles. The molecule has 8 heteroatoms. The summed E-state index contributed by atoms with van der Waals surface area (Å²) >= 11 is 0. The van der Waals surface area contributed by atoms with Crippen LogP contribution in [0.25, 0.3) is 0 Å². The van der Waals surface area contributed by atoms with Crippen molar-refractivity contribution in [3.05, 3.63) is 30.3 Å². The Morgan fingerprint density at radius 1 is 1.12 bits per heavy atom. The van der Waals surface area contributed by atoms with Gasteiger partial charge in [0.15, 0.2) is 5.96 Å². The molecule has 1 heterocycles. The highest BCUT2D eigenvalue weighted by Crippen LogP contribution is 2.15. The SMILES string of the molecule is CN=C(NCCCNS(C)(=O)=O)N1CCN(c2ccccc2)CC1. The third-order valence-corrected chi connectivity index (χ3v) is 4.64.